The number of rotatable bonds is 2. The van der Waals surface area contributed by atoms with Crippen molar-refractivity contribution in [3.63, 3.8) is 0 Å². The van der Waals surface area contributed by atoms with Crippen LogP contribution >= 0.6 is 0 Å². The van der Waals surface area contributed by atoms with Gasteiger partial charge < -0.3 is 16.2 Å². The molecule has 2 aromatic carbocycles. The molecule has 0 bridgehead atoms. The Morgan fingerprint density at radius 3 is 2.12 bits per heavy atom. The summed E-state index contributed by atoms with van der Waals surface area (Å²) in [5.74, 6) is 0.287. The zero-order chi connectivity index (χ0) is 12.4. The highest BCUT2D eigenvalue weighted by molar-refractivity contribution is 5.66. The maximum Gasteiger partial charge on any atom is 0.120 e. The zero-order valence-electron chi connectivity index (χ0n) is 9.99. The third-order valence-electron chi connectivity index (χ3n) is 2.78. The van der Waals surface area contributed by atoms with Crippen LogP contribution in [0.1, 0.15) is 11.1 Å². The fourth-order valence-corrected chi connectivity index (χ4v) is 1.57. The van der Waals surface area contributed by atoms with E-state index in [0.717, 1.165) is 28.2 Å². The lowest BCUT2D eigenvalue weighted by molar-refractivity contribution is 0.471. The molecule has 0 aliphatic carbocycles. The molecule has 0 saturated carbocycles. The SMILES string of the molecule is Cc1ccc(Nc2ccc(C)c(O)c2)cc1N. The lowest BCUT2D eigenvalue weighted by Crippen LogP contribution is -1.94. The minimum absolute atomic E-state index is 0.287. The maximum atomic E-state index is 9.61. The lowest BCUT2D eigenvalue weighted by atomic mass is 10.1. The number of nitrogens with one attached hydrogen (secondary N) is 1. The Balaban J connectivity index is 2.25. The number of phenolic OH excluding ortho intramolecular Hbond substituents is 1. The van der Waals surface area contributed by atoms with E-state index in [1.165, 1.54) is 0 Å². The molecule has 3 heteroatoms. The van der Waals surface area contributed by atoms with Gasteiger partial charge in [0.25, 0.3) is 0 Å². The molecule has 0 aliphatic rings. The van der Waals surface area contributed by atoms with Crippen LogP contribution in [-0.2, 0) is 0 Å². The first-order valence-corrected chi connectivity index (χ1v) is 5.49. The van der Waals surface area contributed by atoms with E-state index >= 15 is 0 Å². The molecule has 17 heavy (non-hydrogen) atoms. The quantitative estimate of drug-likeness (QED) is 0.691. The van der Waals surface area contributed by atoms with Crippen LogP contribution in [0.5, 0.6) is 5.75 Å². The minimum Gasteiger partial charge on any atom is -0.508 e. The molecule has 88 valence electrons. The van der Waals surface area contributed by atoms with Crippen molar-refractivity contribution in [2.45, 2.75) is 13.8 Å². The predicted octanol–water partition coefficient (Wildman–Crippen LogP) is 3.33. The third-order valence-corrected chi connectivity index (χ3v) is 2.78. The van der Waals surface area contributed by atoms with Crippen molar-refractivity contribution in [2.24, 2.45) is 0 Å². The van der Waals surface area contributed by atoms with Gasteiger partial charge in [0.05, 0.1) is 0 Å². The molecule has 0 aromatic heterocycles. The Morgan fingerprint density at radius 1 is 0.941 bits per heavy atom. The number of hydrogen-bond donors (Lipinski definition) is 3. The van der Waals surface area contributed by atoms with Gasteiger partial charge in [-0.15, -0.1) is 0 Å². The second kappa shape index (κ2) is 4.37. The summed E-state index contributed by atoms with van der Waals surface area (Å²) in [7, 11) is 0. The van der Waals surface area contributed by atoms with Gasteiger partial charge in [0, 0.05) is 23.1 Å². The average Bonchev–Trinajstić information content (AvgIpc) is 2.29. The normalized spacial score (nSPS) is 10.2. The molecule has 4 N–H and O–H groups in total. The van der Waals surface area contributed by atoms with Crippen molar-refractivity contribution in [3.8, 4) is 5.75 Å². The molecular formula is C14H16N2O. The average molecular weight is 228 g/mol. The summed E-state index contributed by atoms with van der Waals surface area (Å²) in [6.07, 6.45) is 0. The number of aryl methyl sites for hydroxylation is 2. The van der Waals surface area contributed by atoms with Gasteiger partial charge in [0.2, 0.25) is 0 Å². The highest BCUT2D eigenvalue weighted by atomic mass is 16.3. The number of phenols is 1. The number of nitrogens with two attached hydrogens (primary N) is 1. The van der Waals surface area contributed by atoms with Crippen LogP contribution in [0.25, 0.3) is 0 Å². The van der Waals surface area contributed by atoms with Gasteiger partial charge in [-0.25, -0.2) is 0 Å². The lowest BCUT2D eigenvalue weighted by Gasteiger charge is -2.09. The molecule has 0 amide bonds. The molecule has 0 atom stereocenters. The van der Waals surface area contributed by atoms with E-state index in [0.29, 0.717) is 0 Å². The van der Waals surface area contributed by atoms with Crippen LogP contribution in [0.4, 0.5) is 17.1 Å². The van der Waals surface area contributed by atoms with E-state index in [1.807, 2.05) is 44.2 Å². The Hall–Kier alpha value is -2.16. The molecule has 0 fully saturated rings. The Kier molecular flexibility index (Phi) is 2.91. The van der Waals surface area contributed by atoms with Gasteiger partial charge >= 0.3 is 0 Å². The first-order valence-electron chi connectivity index (χ1n) is 5.49. The molecule has 0 heterocycles. The molecule has 0 saturated heterocycles. The van der Waals surface area contributed by atoms with Crippen molar-refractivity contribution >= 4 is 17.1 Å². The molecular weight excluding hydrogens is 212 g/mol. The Bertz CT molecular complexity index is 500. The second-order valence-corrected chi connectivity index (χ2v) is 4.20. The van der Waals surface area contributed by atoms with E-state index < -0.39 is 0 Å². The van der Waals surface area contributed by atoms with E-state index in [-0.39, 0.29) is 5.75 Å². The summed E-state index contributed by atoms with van der Waals surface area (Å²) in [5.41, 5.74) is 10.3. The molecule has 0 aliphatic heterocycles. The summed E-state index contributed by atoms with van der Waals surface area (Å²) in [6, 6.07) is 11.3. The monoisotopic (exact) mass is 228 g/mol. The van der Waals surface area contributed by atoms with Crippen LogP contribution < -0.4 is 11.1 Å². The minimum atomic E-state index is 0.287. The summed E-state index contributed by atoms with van der Waals surface area (Å²) in [4.78, 5) is 0. The highest BCUT2D eigenvalue weighted by Gasteiger charge is 2.00. The largest absolute Gasteiger partial charge is 0.508 e. The van der Waals surface area contributed by atoms with Crippen molar-refractivity contribution < 1.29 is 5.11 Å². The van der Waals surface area contributed by atoms with Gasteiger partial charge in [-0.1, -0.05) is 12.1 Å². The highest BCUT2D eigenvalue weighted by Crippen LogP contribution is 2.25. The van der Waals surface area contributed by atoms with Crippen LogP contribution in [-0.4, -0.2) is 5.11 Å². The first kappa shape index (κ1) is 11.3. The first-order chi connectivity index (χ1) is 8.06. The zero-order valence-corrected chi connectivity index (χ0v) is 9.99. The molecule has 2 aromatic rings. The maximum absolute atomic E-state index is 9.61. The van der Waals surface area contributed by atoms with Crippen LogP contribution in [0.2, 0.25) is 0 Å². The van der Waals surface area contributed by atoms with Crippen LogP contribution in [0.15, 0.2) is 36.4 Å². The number of aromatic hydroxyl groups is 1. The summed E-state index contributed by atoms with van der Waals surface area (Å²) in [6.45, 7) is 3.83. The summed E-state index contributed by atoms with van der Waals surface area (Å²) < 4.78 is 0. The molecule has 3 nitrogen and oxygen atoms in total. The van der Waals surface area contributed by atoms with Crippen molar-refractivity contribution in [3.05, 3.63) is 47.5 Å². The number of nitrogen functional groups attached to an aromatic ring is 1. The molecule has 0 unspecified atom stereocenters. The van der Waals surface area contributed by atoms with Crippen molar-refractivity contribution in [1.82, 2.24) is 0 Å². The summed E-state index contributed by atoms with van der Waals surface area (Å²) >= 11 is 0. The Morgan fingerprint density at radius 2 is 1.53 bits per heavy atom. The fourth-order valence-electron chi connectivity index (χ4n) is 1.57. The topological polar surface area (TPSA) is 58.3 Å². The summed E-state index contributed by atoms with van der Waals surface area (Å²) in [5, 5.41) is 12.8. The second-order valence-electron chi connectivity index (χ2n) is 4.20. The van der Waals surface area contributed by atoms with Crippen molar-refractivity contribution in [2.75, 3.05) is 11.1 Å². The van der Waals surface area contributed by atoms with E-state index in [1.54, 1.807) is 6.07 Å². The predicted molar refractivity (Wildman–Crippen MR) is 71.7 cm³/mol. The van der Waals surface area contributed by atoms with E-state index in [4.69, 9.17) is 5.73 Å². The van der Waals surface area contributed by atoms with Gasteiger partial charge in [0.15, 0.2) is 0 Å². The van der Waals surface area contributed by atoms with E-state index in [2.05, 4.69) is 5.32 Å². The molecule has 0 radical (unpaired) electrons. The van der Waals surface area contributed by atoms with Crippen LogP contribution in [0, 0.1) is 13.8 Å². The van der Waals surface area contributed by atoms with Gasteiger partial charge in [-0.3, -0.25) is 0 Å². The smallest absolute Gasteiger partial charge is 0.120 e. The molecule has 0 spiro atoms. The number of benzene rings is 2. The Labute approximate surface area is 101 Å². The fraction of sp³-hybridized carbons (Fsp3) is 0.143. The van der Waals surface area contributed by atoms with E-state index in [9.17, 15) is 5.11 Å². The number of anilines is 3. The third kappa shape index (κ3) is 2.50. The molecule has 2 rings (SSSR count). The van der Waals surface area contributed by atoms with Gasteiger partial charge in [-0.05, 0) is 43.2 Å². The standard InChI is InChI=1S/C14H16N2O/c1-9-3-5-11(7-13(9)15)16-12-6-4-10(2)14(17)8-12/h3-8,16-17H,15H2,1-2H3. The van der Waals surface area contributed by atoms with Gasteiger partial charge in [0.1, 0.15) is 5.75 Å². The van der Waals surface area contributed by atoms with Crippen LogP contribution in [0.3, 0.4) is 0 Å². The van der Waals surface area contributed by atoms with Crippen molar-refractivity contribution in [1.29, 1.82) is 0 Å². The number of hydrogen-bond acceptors (Lipinski definition) is 3. The van der Waals surface area contributed by atoms with Gasteiger partial charge in [-0.2, -0.15) is 0 Å².